The van der Waals surface area contributed by atoms with Crippen LogP contribution in [0.2, 0.25) is 10.0 Å². The summed E-state index contributed by atoms with van der Waals surface area (Å²) in [5.74, 6) is 0.904. The lowest BCUT2D eigenvalue weighted by Crippen LogP contribution is -2.09. The molecule has 132 valence electrons. The highest BCUT2D eigenvalue weighted by molar-refractivity contribution is 9.10. The summed E-state index contributed by atoms with van der Waals surface area (Å²) < 4.78 is 6.57. The first-order chi connectivity index (χ1) is 12.4. The van der Waals surface area contributed by atoms with Crippen LogP contribution < -0.4 is 5.32 Å². The van der Waals surface area contributed by atoms with Crippen LogP contribution in [0.15, 0.2) is 63.5 Å². The molecular weight excluding hydrogens is 437 g/mol. The molecule has 26 heavy (non-hydrogen) atoms. The molecule has 1 amide bonds. The molecule has 0 aliphatic rings. The van der Waals surface area contributed by atoms with Gasteiger partial charge in [0.15, 0.2) is 0 Å². The van der Waals surface area contributed by atoms with Gasteiger partial charge < -0.3 is 9.73 Å². The van der Waals surface area contributed by atoms with Crippen molar-refractivity contribution in [2.24, 2.45) is 0 Å². The minimum Gasteiger partial charge on any atom is -0.457 e. The van der Waals surface area contributed by atoms with Crippen LogP contribution in [-0.2, 0) is 4.79 Å². The molecule has 0 fully saturated rings. The van der Waals surface area contributed by atoms with Gasteiger partial charge in [-0.05, 0) is 70.9 Å². The van der Waals surface area contributed by atoms with Gasteiger partial charge in [0, 0.05) is 21.1 Å². The monoisotopic (exact) mass is 449 g/mol. The van der Waals surface area contributed by atoms with Crippen molar-refractivity contribution in [1.29, 1.82) is 0 Å². The second kappa shape index (κ2) is 8.12. The fourth-order valence-electron chi connectivity index (χ4n) is 2.39. The Morgan fingerprint density at radius 2 is 1.96 bits per heavy atom. The number of para-hydroxylation sites is 1. The zero-order valence-electron chi connectivity index (χ0n) is 13.7. The lowest BCUT2D eigenvalue weighted by atomic mass is 10.2. The van der Waals surface area contributed by atoms with E-state index in [1.54, 1.807) is 36.4 Å². The highest BCUT2D eigenvalue weighted by Crippen LogP contribution is 2.32. The lowest BCUT2D eigenvalue weighted by Gasteiger charge is -2.08. The topological polar surface area (TPSA) is 42.2 Å². The molecule has 0 aliphatic carbocycles. The van der Waals surface area contributed by atoms with E-state index in [-0.39, 0.29) is 5.91 Å². The maximum Gasteiger partial charge on any atom is 0.248 e. The minimum absolute atomic E-state index is 0.248. The summed E-state index contributed by atoms with van der Waals surface area (Å²) in [4.78, 5) is 12.2. The Kier molecular flexibility index (Phi) is 5.87. The average molecular weight is 451 g/mol. The molecule has 0 bridgehead atoms. The van der Waals surface area contributed by atoms with E-state index in [1.807, 2.05) is 25.1 Å². The van der Waals surface area contributed by atoms with Crippen LogP contribution in [0, 0.1) is 6.92 Å². The van der Waals surface area contributed by atoms with Crippen LogP contribution in [0.3, 0.4) is 0 Å². The third-order valence-electron chi connectivity index (χ3n) is 3.69. The van der Waals surface area contributed by atoms with Crippen molar-refractivity contribution in [2.75, 3.05) is 5.32 Å². The number of aryl methyl sites for hydroxylation is 1. The van der Waals surface area contributed by atoms with Crippen molar-refractivity contribution in [3.05, 3.63) is 80.4 Å². The van der Waals surface area contributed by atoms with Gasteiger partial charge in [-0.25, -0.2) is 0 Å². The number of carbonyl (C=O) groups is 1. The first-order valence-corrected chi connectivity index (χ1v) is 9.28. The number of hydrogen-bond donors (Lipinski definition) is 1. The van der Waals surface area contributed by atoms with E-state index in [0.717, 1.165) is 21.3 Å². The van der Waals surface area contributed by atoms with Gasteiger partial charge >= 0.3 is 0 Å². The zero-order valence-corrected chi connectivity index (χ0v) is 16.8. The molecule has 0 saturated carbocycles. The van der Waals surface area contributed by atoms with Crippen LogP contribution in [0.4, 0.5) is 5.69 Å². The van der Waals surface area contributed by atoms with Crippen molar-refractivity contribution in [3.63, 3.8) is 0 Å². The van der Waals surface area contributed by atoms with Crippen LogP contribution in [0.5, 0.6) is 0 Å². The molecule has 0 atom stereocenters. The van der Waals surface area contributed by atoms with Crippen molar-refractivity contribution in [3.8, 4) is 11.3 Å². The summed E-state index contributed by atoms with van der Waals surface area (Å²) in [6.07, 6.45) is 3.03. The molecule has 0 spiro atoms. The predicted octanol–water partition coefficient (Wildman–Crippen LogP) is 6.98. The van der Waals surface area contributed by atoms with Crippen LogP contribution in [0.1, 0.15) is 11.3 Å². The van der Waals surface area contributed by atoms with Gasteiger partial charge in [-0.3, -0.25) is 4.79 Å². The summed E-state index contributed by atoms with van der Waals surface area (Å²) in [5.41, 5.74) is 2.46. The molecule has 3 rings (SSSR count). The molecule has 0 unspecified atom stereocenters. The zero-order chi connectivity index (χ0) is 18.7. The van der Waals surface area contributed by atoms with Crippen molar-refractivity contribution in [1.82, 2.24) is 0 Å². The molecule has 1 heterocycles. The predicted molar refractivity (Wildman–Crippen MR) is 111 cm³/mol. The van der Waals surface area contributed by atoms with Crippen LogP contribution >= 0.6 is 39.1 Å². The number of anilines is 1. The number of carbonyl (C=O) groups excluding carboxylic acids is 1. The highest BCUT2D eigenvalue weighted by Gasteiger charge is 2.09. The molecule has 0 saturated heterocycles. The first-order valence-electron chi connectivity index (χ1n) is 7.73. The first kappa shape index (κ1) is 18.8. The van der Waals surface area contributed by atoms with Gasteiger partial charge in [0.1, 0.15) is 11.5 Å². The van der Waals surface area contributed by atoms with Gasteiger partial charge in [-0.15, -0.1) is 0 Å². The fourth-order valence-corrected chi connectivity index (χ4v) is 3.46. The summed E-state index contributed by atoms with van der Waals surface area (Å²) >= 11 is 15.5. The summed E-state index contributed by atoms with van der Waals surface area (Å²) in [7, 11) is 0. The van der Waals surface area contributed by atoms with E-state index >= 15 is 0 Å². The Morgan fingerprint density at radius 3 is 2.69 bits per heavy atom. The van der Waals surface area contributed by atoms with Gasteiger partial charge in [-0.2, -0.15) is 0 Å². The number of halogens is 3. The van der Waals surface area contributed by atoms with Gasteiger partial charge in [0.25, 0.3) is 0 Å². The number of hydrogen-bond acceptors (Lipinski definition) is 2. The van der Waals surface area contributed by atoms with Gasteiger partial charge in [0.05, 0.1) is 10.7 Å². The van der Waals surface area contributed by atoms with E-state index in [4.69, 9.17) is 27.6 Å². The standard InChI is InChI=1S/C20H14BrCl2NO2/c1-12-3-2-4-16(21)20(12)24-19(25)10-7-14-6-9-18(26-14)15-8-5-13(22)11-17(15)23/h2-11H,1H3,(H,24,25)/b10-7+. The molecule has 3 nitrogen and oxygen atoms in total. The molecule has 6 heteroatoms. The molecule has 0 radical (unpaired) electrons. The van der Waals surface area contributed by atoms with E-state index in [0.29, 0.717) is 21.6 Å². The SMILES string of the molecule is Cc1cccc(Br)c1NC(=O)/C=C/c1ccc(-c2ccc(Cl)cc2Cl)o1. The smallest absolute Gasteiger partial charge is 0.248 e. The second-order valence-corrected chi connectivity index (χ2v) is 7.28. The third-order valence-corrected chi connectivity index (χ3v) is 4.90. The Morgan fingerprint density at radius 1 is 1.15 bits per heavy atom. The Hall–Kier alpha value is -2.01. The Bertz CT molecular complexity index is 975. The molecular formula is C20H14BrCl2NO2. The molecule has 1 aromatic heterocycles. The number of furan rings is 1. The largest absolute Gasteiger partial charge is 0.457 e. The highest BCUT2D eigenvalue weighted by atomic mass is 79.9. The van der Waals surface area contributed by atoms with Crippen LogP contribution in [0.25, 0.3) is 17.4 Å². The third kappa shape index (κ3) is 4.39. The second-order valence-electron chi connectivity index (χ2n) is 5.58. The Balaban J connectivity index is 1.73. The molecule has 1 N–H and O–H groups in total. The average Bonchev–Trinajstić information content (AvgIpc) is 3.05. The van der Waals surface area contributed by atoms with Gasteiger partial charge in [-0.1, -0.05) is 35.3 Å². The molecule has 3 aromatic rings. The Labute approximate surface area is 169 Å². The quantitative estimate of drug-likeness (QED) is 0.435. The molecule has 0 aliphatic heterocycles. The maximum atomic E-state index is 12.2. The van der Waals surface area contributed by atoms with E-state index in [1.165, 1.54) is 6.08 Å². The summed E-state index contributed by atoms with van der Waals surface area (Å²) in [6, 6.07) is 14.5. The lowest BCUT2D eigenvalue weighted by molar-refractivity contribution is -0.111. The number of rotatable bonds is 4. The van der Waals surface area contributed by atoms with Crippen molar-refractivity contribution >= 4 is 56.8 Å². The fraction of sp³-hybridized carbons (Fsp3) is 0.0500. The molecule has 2 aromatic carbocycles. The number of nitrogens with one attached hydrogen (secondary N) is 1. The maximum absolute atomic E-state index is 12.2. The van der Waals surface area contributed by atoms with E-state index in [2.05, 4.69) is 21.2 Å². The number of amides is 1. The van der Waals surface area contributed by atoms with E-state index < -0.39 is 0 Å². The van der Waals surface area contributed by atoms with Gasteiger partial charge in [0.2, 0.25) is 5.91 Å². The van der Waals surface area contributed by atoms with Crippen molar-refractivity contribution in [2.45, 2.75) is 6.92 Å². The number of benzene rings is 2. The normalized spacial score (nSPS) is 11.1. The summed E-state index contributed by atoms with van der Waals surface area (Å²) in [6.45, 7) is 1.93. The summed E-state index contributed by atoms with van der Waals surface area (Å²) in [5, 5.41) is 3.92. The van der Waals surface area contributed by atoms with Crippen LogP contribution in [-0.4, -0.2) is 5.91 Å². The van der Waals surface area contributed by atoms with E-state index in [9.17, 15) is 4.79 Å². The minimum atomic E-state index is -0.248. The van der Waals surface area contributed by atoms with Crippen molar-refractivity contribution < 1.29 is 9.21 Å².